The molecule has 0 aromatic rings. The minimum atomic E-state index is -2.88. The van der Waals surface area contributed by atoms with Crippen molar-refractivity contribution in [3.05, 3.63) is 0 Å². The molecular weight excluding hydrogens is 214 g/mol. The van der Waals surface area contributed by atoms with Crippen molar-refractivity contribution in [2.24, 2.45) is 11.8 Å². The third kappa shape index (κ3) is 2.34. The van der Waals surface area contributed by atoms with Crippen LogP contribution in [-0.2, 0) is 14.6 Å². The van der Waals surface area contributed by atoms with Gasteiger partial charge in [0.2, 0.25) is 0 Å². The molecule has 1 spiro atoms. The molecule has 2 aliphatic rings. The second-order valence-corrected chi connectivity index (χ2v) is 7.22. The summed E-state index contributed by atoms with van der Waals surface area (Å²) in [6.07, 6.45) is 0.597. The first-order valence-corrected chi connectivity index (χ1v) is 7.34. The monoisotopic (exact) mass is 233 g/mol. The number of nitrogens with one attached hydrogen (secondary N) is 1. The summed E-state index contributed by atoms with van der Waals surface area (Å²) < 4.78 is 28.5. The first-order chi connectivity index (χ1) is 6.93. The van der Waals surface area contributed by atoms with Gasteiger partial charge in [0.05, 0.1) is 18.1 Å². The topological polar surface area (TPSA) is 55.4 Å². The van der Waals surface area contributed by atoms with Gasteiger partial charge in [-0.25, -0.2) is 8.42 Å². The summed E-state index contributed by atoms with van der Waals surface area (Å²) in [4.78, 5) is 0. The first-order valence-electron chi connectivity index (χ1n) is 5.52. The van der Waals surface area contributed by atoms with E-state index in [1.807, 2.05) is 0 Å². The summed E-state index contributed by atoms with van der Waals surface area (Å²) in [5, 5.41) is 3.28. The second kappa shape index (κ2) is 3.71. The third-order valence-corrected chi connectivity index (χ3v) is 5.21. The highest BCUT2D eigenvalue weighted by Gasteiger charge is 2.45. The Hall–Kier alpha value is -0.130. The van der Waals surface area contributed by atoms with Crippen LogP contribution in [0.1, 0.15) is 20.3 Å². The number of hydrogen-bond donors (Lipinski definition) is 1. The summed E-state index contributed by atoms with van der Waals surface area (Å²) >= 11 is 0. The molecule has 0 aliphatic carbocycles. The van der Waals surface area contributed by atoms with Gasteiger partial charge in [0, 0.05) is 13.0 Å². The van der Waals surface area contributed by atoms with Crippen LogP contribution in [0.5, 0.6) is 0 Å². The van der Waals surface area contributed by atoms with Crippen molar-refractivity contribution in [2.45, 2.75) is 26.0 Å². The fourth-order valence-corrected chi connectivity index (χ4v) is 4.02. The van der Waals surface area contributed by atoms with E-state index in [4.69, 9.17) is 4.74 Å². The predicted octanol–water partition coefficient (Wildman–Crippen LogP) is 0.393. The molecule has 0 saturated carbocycles. The van der Waals surface area contributed by atoms with E-state index >= 15 is 0 Å². The Kier molecular flexibility index (Phi) is 2.81. The Balaban J connectivity index is 1.99. The Morgan fingerprint density at radius 1 is 1.47 bits per heavy atom. The molecule has 0 radical (unpaired) electrons. The number of rotatable bonds is 1. The van der Waals surface area contributed by atoms with Crippen molar-refractivity contribution in [3.8, 4) is 0 Å². The van der Waals surface area contributed by atoms with Gasteiger partial charge < -0.3 is 4.74 Å². The molecule has 2 fully saturated rings. The minimum absolute atomic E-state index is 0.144. The highest BCUT2D eigenvalue weighted by Crippen LogP contribution is 2.29. The van der Waals surface area contributed by atoms with Crippen molar-refractivity contribution in [3.63, 3.8) is 0 Å². The molecule has 2 saturated heterocycles. The molecule has 5 heteroatoms. The Labute approximate surface area is 91.3 Å². The molecule has 2 atom stereocenters. The van der Waals surface area contributed by atoms with Crippen LogP contribution in [0, 0.1) is 11.8 Å². The first kappa shape index (κ1) is 11.4. The molecule has 2 unspecified atom stereocenters. The van der Waals surface area contributed by atoms with E-state index < -0.39 is 15.6 Å². The molecule has 2 heterocycles. The molecule has 0 aromatic heterocycles. The van der Waals surface area contributed by atoms with Gasteiger partial charge in [-0.3, -0.25) is 5.32 Å². The van der Waals surface area contributed by atoms with Crippen LogP contribution in [-0.4, -0.2) is 38.8 Å². The normalized spacial score (nSPS) is 40.1. The molecule has 0 bridgehead atoms. The minimum Gasteiger partial charge on any atom is -0.359 e. The van der Waals surface area contributed by atoms with Crippen LogP contribution < -0.4 is 5.32 Å². The van der Waals surface area contributed by atoms with Gasteiger partial charge in [0.1, 0.15) is 5.72 Å². The van der Waals surface area contributed by atoms with E-state index in [-0.39, 0.29) is 11.5 Å². The van der Waals surface area contributed by atoms with Gasteiger partial charge in [-0.2, -0.15) is 0 Å². The molecule has 15 heavy (non-hydrogen) atoms. The fraction of sp³-hybridized carbons (Fsp3) is 1.00. The van der Waals surface area contributed by atoms with Crippen molar-refractivity contribution >= 4 is 9.84 Å². The largest absolute Gasteiger partial charge is 0.359 e. The standard InChI is InChI=1S/C10H19NO3S/c1-8(2)9-5-11-10(14-6-9)3-4-15(12,13)7-10/h8-9,11H,3-7H2,1-2H3. The quantitative estimate of drug-likeness (QED) is 0.712. The number of hydrogen-bond acceptors (Lipinski definition) is 4. The molecule has 88 valence electrons. The summed E-state index contributed by atoms with van der Waals surface area (Å²) in [5.41, 5.74) is -0.565. The van der Waals surface area contributed by atoms with Crippen LogP contribution >= 0.6 is 0 Å². The molecule has 0 aromatic carbocycles. The lowest BCUT2D eigenvalue weighted by molar-refractivity contribution is -0.105. The maximum Gasteiger partial charge on any atom is 0.154 e. The Bertz CT molecular complexity index is 329. The smallest absolute Gasteiger partial charge is 0.154 e. The van der Waals surface area contributed by atoms with Gasteiger partial charge in [0.15, 0.2) is 9.84 Å². The summed E-state index contributed by atoms with van der Waals surface area (Å²) in [6.45, 7) is 5.88. The number of ether oxygens (including phenoxy) is 1. The molecule has 0 amide bonds. The zero-order chi connectivity index (χ0) is 11.1. The van der Waals surface area contributed by atoms with Crippen molar-refractivity contribution in [2.75, 3.05) is 24.7 Å². The van der Waals surface area contributed by atoms with E-state index in [0.29, 0.717) is 24.9 Å². The van der Waals surface area contributed by atoms with E-state index in [1.165, 1.54) is 0 Å². The van der Waals surface area contributed by atoms with Gasteiger partial charge in [-0.15, -0.1) is 0 Å². The average Bonchev–Trinajstić information content (AvgIpc) is 2.43. The summed E-state index contributed by atoms with van der Waals surface area (Å²) in [6, 6.07) is 0. The lowest BCUT2D eigenvalue weighted by Gasteiger charge is -2.39. The zero-order valence-corrected chi connectivity index (χ0v) is 10.1. The van der Waals surface area contributed by atoms with Crippen molar-refractivity contribution in [1.29, 1.82) is 0 Å². The second-order valence-electron chi connectivity index (χ2n) is 5.03. The van der Waals surface area contributed by atoms with E-state index in [9.17, 15) is 8.42 Å². The summed E-state index contributed by atoms with van der Waals surface area (Å²) in [7, 11) is -2.88. The van der Waals surface area contributed by atoms with E-state index in [2.05, 4.69) is 19.2 Å². The van der Waals surface area contributed by atoms with Gasteiger partial charge in [-0.1, -0.05) is 13.8 Å². The number of sulfone groups is 1. The summed E-state index contributed by atoms with van der Waals surface area (Å²) in [5.74, 6) is 1.48. The van der Waals surface area contributed by atoms with Crippen LogP contribution in [0.25, 0.3) is 0 Å². The van der Waals surface area contributed by atoms with E-state index in [1.54, 1.807) is 0 Å². The van der Waals surface area contributed by atoms with Gasteiger partial charge >= 0.3 is 0 Å². The molecular formula is C10H19NO3S. The maximum absolute atomic E-state index is 11.4. The predicted molar refractivity (Wildman–Crippen MR) is 58.3 cm³/mol. The SMILES string of the molecule is CC(C)C1CNC2(CCS(=O)(=O)C2)OC1. The van der Waals surface area contributed by atoms with Crippen LogP contribution in [0.4, 0.5) is 0 Å². The van der Waals surface area contributed by atoms with Crippen LogP contribution in [0.2, 0.25) is 0 Å². The van der Waals surface area contributed by atoms with E-state index in [0.717, 1.165) is 6.54 Å². The van der Waals surface area contributed by atoms with Crippen LogP contribution in [0.3, 0.4) is 0 Å². The zero-order valence-electron chi connectivity index (χ0n) is 9.32. The van der Waals surface area contributed by atoms with Crippen LogP contribution in [0.15, 0.2) is 0 Å². The highest BCUT2D eigenvalue weighted by atomic mass is 32.2. The Morgan fingerprint density at radius 2 is 2.20 bits per heavy atom. The molecule has 4 nitrogen and oxygen atoms in total. The van der Waals surface area contributed by atoms with Crippen molar-refractivity contribution in [1.82, 2.24) is 5.32 Å². The average molecular weight is 233 g/mol. The third-order valence-electron chi connectivity index (χ3n) is 3.47. The molecule has 1 N–H and O–H groups in total. The molecule has 2 aliphatic heterocycles. The Morgan fingerprint density at radius 3 is 2.60 bits per heavy atom. The lowest BCUT2D eigenvalue weighted by Crippen LogP contribution is -2.56. The maximum atomic E-state index is 11.4. The van der Waals surface area contributed by atoms with Gasteiger partial charge in [-0.05, 0) is 11.8 Å². The van der Waals surface area contributed by atoms with Gasteiger partial charge in [0.25, 0.3) is 0 Å². The highest BCUT2D eigenvalue weighted by molar-refractivity contribution is 7.91. The lowest BCUT2D eigenvalue weighted by atomic mass is 9.94. The van der Waals surface area contributed by atoms with Crippen molar-refractivity contribution < 1.29 is 13.2 Å². The molecule has 2 rings (SSSR count). The fourth-order valence-electron chi connectivity index (χ4n) is 2.19.